The minimum absolute atomic E-state index is 0.0323. The van der Waals surface area contributed by atoms with Gasteiger partial charge in [0.05, 0.1) is 10.6 Å². The Morgan fingerprint density at radius 1 is 1.07 bits per heavy atom. The van der Waals surface area contributed by atoms with E-state index in [1.54, 1.807) is 18.3 Å². The average Bonchev–Trinajstić information content (AvgIpc) is 2.95. The van der Waals surface area contributed by atoms with Crippen LogP contribution in [-0.2, 0) is 8.98 Å². The van der Waals surface area contributed by atoms with Crippen molar-refractivity contribution in [3.63, 3.8) is 0 Å². The molecule has 2 saturated heterocycles. The minimum Gasteiger partial charge on any atom is -0.357 e. The number of benzene rings is 1. The van der Waals surface area contributed by atoms with Gasteiger partial charge in [0.1, 0.15) is 5.82 Å². The quantitative estimate of drug-likeness (QED) is 0.727. The summed E-state index contributed by atoms with van der Waals surface area (Å²) in [6.45, 7) is 5.54. The number of para-hydroxylation sites is 1. The summed E-state index contributed by atoms with van der Waals surface area (Å²) in [4.78, 5) is 34.6. The van der Waals surface area contributed by atoms with Gasteiger partial charge in [-0.3, -0.25) is 9.59 Å². The fourth-order valence-electron chi connectivity index (χ4n) is 3.99. The highest BCUT2D eigenvalue weighted by Crippen LogP contribution is 2.67. The number of hydrogen-bond donors (Lipinski definition) is 0. The van der Waals surface area contributed by atoms with Gasteiger partial charge in [0.25, 0.3) is 5.91 Å². The van der Waals surface area contributed by atoms with Crippen LogP contribution in [-0.4, -0.2) is 41.6 Å². The standard InChI is InChI=1S/C21H23N3O3S/c1-16-20(25)24(17-8-4-3-5-9-17)21(26)28(16,27-2)18-11-14-23(15-12-18)19-10-6-7-13-22-19/h3-10,13,18H,1,11-12,14-15H2,2H3. The molecule has 0 N–H and O–H groups in total. The second-order valence-electron chi connectivity index (χ2n) is 6.81. The predicted octanol–water partition coefficient (Wildman–Crippen LogP) is 4.10. The van der Waals surface area contributed by atoms with Crippen molar-refractivity contribution < 1.29 is 13.8 Å². The highest BCUT2D eigenvalue weighted by atomic mass is 32.3. The van der Waals surface area contributed by atoms with E-state index in [-0.39, 0.29) is 16.4 Å². The van der Waals surface area contributed by atoms with Crippen LogP contribution in [0.3, 0.4) is 0 Å². The number of aromatic nitrogens is 1. The zero-order valence-corrected chi connectivity index (χ0v) is 16.6. The SMILES string of the molecule is C=C1C(=O)N(c2ccccc2)C(=O)S1(OC)C1CCN(c2ccccn2)CC1. The molecule has 0 saturated carbocycles. The number of amides is 2. The van der Waals surface area contributed by atoms with E-state index in [4.69, 9.17) is 4.18 Å². The lowest BCUT2D eigenvalue weighted by Gasteiger charge is -2.43. The molecule has 0 spiro atoms. The van der Waals surface area contributed by atoms with Crippen LogP contribution in [0.4, 0.5) is 16.3 Å². The zero-order valence-electron chi connectivity index (χ0n) is 15.8. The number of imide groups is 1. The molecule has 0 aliphatic carbocycles. The first-order chi connectivity index (χ1) is 13.6. The van der Waals surface area contributed by atoms with Crippen molar-refractivity contribution in [2.45, 2.75) is 18.1 Å². The molecule has 2 aromatic rings. The van der Waals surface area contributed by atoms with E-state index in [1.165, 1.54) is 12.0 Å². The van der Waals surface area contributed by atoms with Gasteiger partial charge < -0.3 is 9.08 Å². The molecule has 0 radical (unpaired) electrons. The van der Waals surface area contributed by atoms with Crippen molar-refractivity contribution in [3.8, 4) is 0 Å². The van der Waals surface area contributed by atoms with Crippen LogP contribution in [0.15, 0.2) is 66.2 Å². The first kappa shape index (κ1) is 18.7. The van der Waals surface area contributed by atoms with E-state index in [0.29, 0.717) is 10.6 Å². The lowest BCUT2D eigenvalue weighted by atomic mass is 10.1. The first-order valence-electron chi connectivity index (χ1n) is 9.26. The van der Waals surface area contributed by atoms with Crippen LogP contribution < -0.4 is 9.80 Å². The molecule has 2 fully saturated rings. The monoisotopic (exact) mass is 397 g/mol. The fraction of sp³-hybridized carbons (Fsp3) is 0.286. The maximum absolute atomic E-state index is 13.5. The van der Waals surface area contributed by atoms with Crippen molar-refractivity contribution in [2.24, 2.45) is 0 Å². The Morgan fingerprint density at radius 2 is 1.75 bits per heavy atom. The average molecular weight is 398 g/mol. The lowest BCUT2D eigenvalue weighted by molar-refractivity contribution is -0.113. The van der Waals surface area contributed by atoms with Gasteiger partial charge in [0, 0.05) is 31.6 Å². The number of carbonyl (C=O) groups is 2. The van der Waals surface area contributed by atoms with Crippen LogP contribution in [0, 0.1) is 0 Å². The number of piperidine rings is 1. The molecule has 2 amide bonds. The Balaban J connectivity index is 1.60. The number of anilines is 2. The summed E-state index contributed by atoms with van der Waals surface area (Å²) in [6.07, 6.45) is 3.28. The molecule has 146 valence electrons. The van der Waals surface area contributed by atoms with Gasteiger partial charge in [-0.1, -0.05) is 30.8 Å². The topological polar surface area (TPSA) is 62.7 Å². The van der Waals surface area contributed by atoms with E-state index in [0.717, 1.165) is 31.7 Å². The second-order valence-corrected chi connectivity index (χ2v) is 9.85. The third kappa shape index (κ3) is 2.82. The normalized spacial score (nSPS) is 25.8. The maximum Gasteiger partial charge on any atom is 0.302 e. The second kappa shape index (κ2) is 7.41. The molecule has 1 aromatic heterocycles. The Bertz CT molecular complexity index is 898. The van der Waals surface area contributed by atoms with Crippen molar-refractivity contribution in [1.82, 2.24) is 4.98 Å². The number of hydrogen-bond acceptors (Lipinski definition) is 5. The van der Waals surface area contributed by atoms with Crippen molar-refractivity contribution in [2.75, 3.05) is 30.0 Å². The molecule has 0 bridgehead atoms. The number of rotatable bonds is 4. The van der Waals surface area contributed by atoms with Crippen LogP contribution in [0.5, 0.6) is 0 Å². The van der Waals surface area contributed by atoms with Crippen molar-refractivity contribution >= 4 is 33.0 Å². The highest BCUT2D eigenvalue weighted by Gasteiger charge is 2.56. The van der Waals surface area contributed by atoms with Crippen molar-refractivity contribution in [1.29, 1.82) is 0 Å². The van der Waals surface area contributed by atoms with E-state index >= 15 is 0 Å². The summed E-state index contributed by atoms with van der Waals surface area (Å²) in [5.74, 6) is 0.584. The van der Waals surface area contributed by atoms with Crippen LogP contribution in [0.25, 0.3) is 0 Å². The summed E-state index contributed by atoms with van der Waals surface area (Å²) >= 11 is 0. The van der Waals surface area contributed by atoms with Gasteiger partial charge in [-0.15, -0.1) is 0 Å². The zero-order chi connectivity index (χ0) is 19.7. The Hall–Kier alpha value is -2.64. The Labute approximate surface area is 166 Å². The molecule has 28 heavy (non-hydrogen) atoms. The maximum atomic E-state index is 13.5. The summed E-state index contributed by atoms with van der Waals surface area (Å²) in [5, 5.41) is -0.289. The van der Waals surface area contributed by atoms with Gasteiger partial charge in [-0.05, 0) is 47.4 Å². The molecule has 3 heterocycles. The van der Waals surface area contributed by atoms with Gasteiger partial charge in [0.15, 0.2) is 0 Å². The molecule has 1 aromatic carbocycles. The van der Waals surface area contributed by atoms with E-state index in [9.17, 15) is 9.59 Å². The van der Waals surface area contributed by atoms with Crippen LogP contribution in [0.2, 0.25) is 0 Å². The predicted molar refractivity (Wildman–Crippen MR) is 113 cm³/mol. The largest absolute Gasteiger partial charge is 0.357 e. The molecule has 4 rings (SSSR count). The van der Waals surface area contributed by atoms with Gasteiger partial charge in [-0.2, -0.15) is 0 Å². The number of carbonyl (C=O) groups excluding carboxylic acids is 2. The van der Waals surface area contributed by atoms with Gasteiger partial charge >= 0.3 is 5.24 Å². The molecular formula is C21H23N3O3S. The smallest absolute Gasteiger partial charge is 0.302 e. The Morgan fingerprint density at radius 3 is 2.36 bits per heavy atom. The molecule has 1 atom stereocenters. The number of pyridine rings is 1. The lowest BCUT2D eigenvalue weighted by Crippen LogP contribution is -2.40. The molecule has 1 unspecified atom stereocenters. The van der Waals surface area contributed by atoms with Crippen LogP contribution >= 0.6 is 10.3 Å². The summed E-state index contributed by atoms with van der Waals surface area (Å²) in [7, 11) is -0.881. The molecule has 2 aliphatic heterocycles. The van der Waals surface area contributed by atoms with Crippen molar-refractivity contribution in [3.05, 3.63) is 66.2 Å². The first-order valence-corrected chi connectivity index (χ1v) is 10.9. The molecular weight excluding hydrogens is 374 g/mol. The summed E-state index contributed by atoms with van der Waals surface area (Å²) in [6, 6.07) is 14.8. The van der Waals surface area contributed by atoms with E-state index in [1.807, 2.05) is 36.4 Å². The third-order valence-electron chi connectivity index (χ3n) is 5.41. The van der Waals surface area contributed by atoms with E-state index < -0.39 is 10.3 Å². The molecule has 2 aliphatic rings. The summed E-state index contributed by atoms with van der Waals surface area (Å²) in [5.41, 5.74) is 0.566. The van der Waals surface area contributed by atoms with E-state index in [2.05, 4.69) is 16.5 Å². The van der Waals surface area contributed by atoms with Gasteiger partial charge in [0.2, 0.25) is 0 Å². The Kier molecular flexibility index (Phi) is 4.95. The molecule has 6 nitrogen and oxygen atoms in total. The minimum atomic E-state index is -2.41. The highest BCUT2D eigenvalue weighted by molar-refractivity contribution is 8.46. The summed E-state index contributed by atoms with van der Waals surface area (Å²) < 4.78 is 5.86. The van der Waals surface area contributed by atoms with Crippen LogP contribution in [0.1, 0.15) is 12.8 Å². The fourth-order valence-corrected chi connectivity index (χ4v) is 7.19. The number of nitrogens with zero attached hydrogens (tertiary/aromatic N) is 3. The molecule has 7 heteroatoms. The van der Waals surface area contributed by atoms with Gasteiger partial charge in [-0.25, -0.2) is 9.88 Å². The third-order valence-corrected chi connectivity index (χ3v) is 8.96.